The van der Waals surface area contributed by atoms with Crippen molar-refractivity contribution in [1.29, 1.82) is 0 Å². The highest BCUT2D eigenvalue weighted by atomic mass is 32.1. The first-order valence-electron chi connectivity index (χ1n) is 17.8. The maximum absolute atomic E-state index is 2.50. The second-order valence-electron chi connectivity index (χ2n) is 13.3. The van der Waals surface area contributed by atoms with E-state index in [9.17, 15) is 0 Å². The molecule has 52 heavy (non-hydrogen) atoms. The van der Waals surface area contributed by atoms with Crippen LogP contribution in [0.1, 0.15) is 0 Å². The van der Waals surface area contributed by atoms with Crippen molar-refractivity contribution in [2.75, 3.05) is 4.90 Å². The zero-order chi connectivity index (χ0) is 34.4. The summed E-state index contributed by atoms with van der Waals surface area (Å²) in [5, 5.41) is 7.53. The van der Waals surface area contributed by atoms with Crippen LogP contribution in [-0.4, -0.2) is 0 Å². The number of para-hydroxylation sites is 1. The summed E-state index contributed by atoms with van der Waals surface area (Å²) in [6.45, 7) is 0. The lowest BCUT2D eigenvalue weighted by molar-refractivity contribution is 1.30. The van der Waals surface area contributed by atoms with E-state index in [0.29, 0.717) is 0 Å². The van der Waals surface area contributed by atoms with E-state index in [1.165, 1.54) is 80.8 Å². The molecule has 0 unspecified atom stereocenters. The van der Waals surface area contributed by atoms with Crippen LogP contribution >= 0.6 is 11.3 Å². The molecule has 0 fully saturated rings. The van der Waals surface area contributed by atoms with Crippen molar-refractivity contribution >= 4 is 70.1 Å². The summed E-state index contributed by atoms with van der Waals surface area (Å²) in [5.41, 5.74) is 10.7. The Balaban J connectivity index is 1.27. The third-order valence-corrected chi connectivity index (χ3v) is 11.4. The molecule has 0 saturated carbocycles. The van der Waals surface area contributed by atoms with Crippen molar-refractivity contribution in [1.82, 2.24) is 0 Å². The van der Waals surface area contributed by atoms with Crippen molar-refractivity contribution in [3.63, 3.8) is 0 Å². The molecule has 0 aliphatic rings. The molecule has 2 heteroatoms. The monoisotopic (exact) mass is 679 g/mol. The Morgan fingerprint density at radius 3 is 1.79 bits per heavy atom. The second-order valence-corrected chi connectivity index (χ2v) is 14.3. The summed E-state index contributed by atoms with van der Waals surface area (Å²) in [6.07, 6.45) is 0. The molecule has 1 nitrogen and oxygen atoms in total. The third-order valence-electron chi connectivity index (χ3n) is 10.3. The fraction of sp³-hybridized carbons (Fsp3) is 0. The molecule has 0 N–H and O–H groups in total. The smallest absolute Gasteiger partial charge is 0.0555 e. The molecule has 0 atom stereocenters. The van der Waals surface area contributed by atoms with Crippen LogP contribution in [0.3, 0.4) is 0 Å². The average molecular weight is 680 g/mol. The second kappa shape index (κ2) is 12.7. The number of benzene rings is 9. The van der Waals surface area contributed by atoms with Gasteiger partial charge in [-0.25, -0.2) is 0 Å². The van der Waals surface area contributed by atoms with Crippen LogP contribution in [0.5, 0.6) is 0 Å². The Kier molecular flexibility index (Phi) is 7.41. The molecule has 10 rings (SSSR count). The van der Waals surface area contributed by atoms with E-state index in [-0.39, 0.29) is 0 Å². The molecule has 1 heterocycles. The number of hydrogen-bond acceptors (Lipinski definition) is 2. The topological polar surface area (TPSA) is 3.24 Å². The molecular weight excluding hydrogens is 647 g/mol. The number of rotatable bonds is 6. The molecule has 0 aliphatic heterocycles. The average Bonchev–Trinajstić information content (AvgIpc) is 3.60. The van der Waals surface area contributed by atoms with Gasteiger partial charge in [0.1, 0.15) is 0 Å². The third kappa shape index (κ3) is 5.07. The predicted octanol–water partition coefficient (Wildman–Crippen LogP) is 14.8. The molecule has 0 amide bonds. The highest BCUT2D eigenvalue weighted by Gasteiger charge is 2.23. The lowest BCUT2D eigenvalue weighted by Gasteiger charge is -2.29. The fourth-order valence-electron chi connectivity index (χ4n) is 7.96. The van der Waals surface area contributed by atoms with E-state index >= 15 is 0 Å². The van der Waals surface area contributed by atoms with Crippen molar-refractivity contribution < 1.29 is 0 Å². The maximum atomic E-state index is 2.50. The lowest BCUT2D eigenvalue weighted by atomic mass is 9.90. The van der Waals surface area contributed by atoms with Gasteiger partial charge in [0, 0.05) is 31.4 Å². The van der Waals surface area contributed by atoms with Gasteiger partial charge in [0.25, 0.3) is 0 Å². The Morgan fingerprint density at radius 1 is 0.327 bits per heavy atom. The number of thiophene rings is 1. The maximum Gasteiger partial charge on any atom is 0.0555 e. The quantitative estimate of drug-likeness (QED) is 0.169. The van der Waals surface area contributed by atoms with Crippen LogP contribution in [0.25, 0.3) is 75.1 Å². The molecule has 10 aromatic rings. The van der Waals surface area contributed by atoms with E-state index in [1.807, 2.05) is 11.3 Å². The van der Waals surface area contributed by atoms with Crippen LogP contribution in [-0.2, 0) is 0 Å². The lowest BCUT2D eigenvalue weighted by Crippen LogP contribution is -2.12. The summed E-state index contributed by atoms with van der Waals surface area (Å²) in [6, 6.07) is 73.0. The standard InChI is InChI=1S/C50H33NS/c1-2-15-35(16-3-1)41-27-12-19-36-20-13-28-43(49(36)41)42-24-6-8-29-45(42)51(46-30-14-32-48-50(46)44-25-7-9-31-47(44)52-48)38-22-10-21-37(33-38)40-26-11-18-34-17-4-5-23-39(34)40/h1-33H. The number of nitrogens with zero attached hydrogens (tertiary/aromatic N) is 1. The van der Waals surface area contributed by atoms with Gasteiger partial charge in [0.05, 0.1) is 11.4 Å². The predicted molar refractivity (Wildman–Crippen MR) is 225 cm³/mol. The number of fused-ring (bicyclic) bond motifs is 5. The fourth-order valence-corrected chi connectivity index (χ4v) is 9.09. The molecule has 0 bridgehead atoms. The summed E-state index contributed by atoms with van der Waals surface area (Å²) >= 11 is 1.86. The minimum absolute atomic E-state index is 1.11. The molecule has 244 valence electrons. The molecule has 9 aromatic carbocycles. The zero-order valence-electron chi connectivity index (χ0n) is 28.4. The summed E-state index contributed by atoms with van der Waals surface area (Å²) in [4.78, 5) is 2.50. The van der Waals surface area contributed by atoms with E-state index in [0.717, 1.165) is 11.4 Å². The van der Waals surface area contributed by atoms with Gasteiger partial charge >= 0.3 is 0 Å². The Morgan fingerprint density at radius 2 is 0.904 bits per heavy atom. The van der Waals surface area contributed by atoms with E-state index < -0.39 is 0 Å². The number of anilines is 3. The molecule has 0 spiro atoms. The molecule has 0 radical (unpaired) electrons. The SMILES string of the molecule is c1ccc(-c2cccc3cccc(-c4ccccc4N(c4cccc(-c5cccc6ccccc56)c4)c4cccc5sc6ccccc6c45)c23)cc1. The first-order chi connectivity index (χ1) is 25.8. The van der Waals surface area contributed by atoms with Crippen LogP contribution in [0.15, 0.2) is 200 Å². The summed E-state index contributed by atoms with van der Waals surface area (Å²) in [5.74, 6) is 0. The van der Waals surface area contributed by atoms with Crippen molar-refractivity contribution in [3.05, 3.63) is 200 Å². The Labute approximate surface area is 307 Å². The van der Waals surface area contributed by atoms with Gasteiger partial charge in [-0.15, -0.1) is 11.3 Å². The van der Waals surface area contributed by atoms with Crippen molar-refractivity contribution in [2.24, 2.45) is 0 Å². The van der Waals surface area contributed by atoms with Gasteiger partial charge in [-0.2, -0.15) is 0 Å². The van der Waals surface area contributed by atoms with E-state index in [4.69, 9.17) is 0 Å². The largest absolute Gasteiger partial charge is 0.309 e. The summed E-state index contributed by atoms with van der Waals surface area (Å²) in [7, 11) is 0. The summed E-state index contributed by atoms with van der Waals surface area (Å²) < 4.78 is 2.58. The molecule has 0 saturated heterocycles. The van der Waals surface area contributed by atoms with Crippen LogP contribution < -0.4 is 4.90 Å². The van der Waals surface area contributed by atoms with Crippen molar-refractivity contribution in [3.8, 4) is 33.4 Å². The van der Waals surface area contributed by atoms with Gasteiger partial charge in [-0.1, -0.05) is 164 Å². The molecule has 0 aliphatic carbocycles. The van der Waals surface area contributed by atoms with E-state index in [2.05, 4.69) is 205 Å². The zero-order valence-corrected chi connectivity index (χ0v) is 29.2. The Bertz CT molecular complexity index is 2910. The normalized spacial score (nSPS) is 11.5. The van der Waals surface area contributed by atoms with Crippen molar-refractivity contribution in [2.45, 2.75) is 0 Å². The molecular formula is C50H33NS. The minimum Gasteiger partial charge on any atom is -0.309 e. The van der Waals surface area contributed by atoms with Gasteiger partial charge in [-0.05, 0) is 85.8 Å². The first-order valence-corrected chi connectivity index (χ1v) is 18.6. The van der Waals surface area contributed by atoms with Gasteiger partial charge in [0.2, 0.25) is 0 Å². The highest BCUT2D eigenvalue weighted by Crippen LogP contribution is 2.49. The Hall–Kier alpha value is -6.48. The number of hydrogen-bond donors (Lipinski definition) is 0. The van der Waals surface area contributed by atoms with Crippen LogP contribution in [0.4, 0.5) is 17.1 Å². The van der Waals surface area contributed by atoms with Gasteiger partial charge in [-0.3, -0.25) is 0 Å². The molecule has 1 aromatic heterocycles. The first kappa shape index (κ1) is 30.4. The highest BCUT2D eigenvalue weighted by molar-refractivity contribution is 7.26. The van der Waals surface area contributed by atoms with E-state index in [1.54, 1.807) is 0 Å². The minimum atomic E-state index is 1.11. The van der Waals surface area contributed by atoms with Crippen LogP contribution in [0, 0.1) is 0 Å². The van der Waals surface area contributed by atoms with Gasteiger partial charge < -0.3 is 4.90 Å². The van der Waals surface area contributed by atoms with Crippen LogP contribution in [0.2, 0.25) is 0 Å². The van der Waals surface area contributed by atoms with Gasteiger partial charge in [0.15, 0.2) is 0 Å².